The molecule has 142 valence electrons. The maximum atomic E-state index is 12.7. The van der Waals surface area contributed by atoms with Crippen molar-refractivity contribution in [3.05, 3.63) is 29.6 Å². The van der Waals surface area contributed by atoms with Gasteiger partial charge in [-0.1, -0.05) is 19.9 Å². The van der Waals surface area contributed by atoms with Crippen molar-refractivity contribution in [1.29, 1.82) is 0 Å². The van der Waals surface area contributed by atoms with Gasteiger partial charge in [0, 0.05) is 24.9 Å². The largest absolute Gasteiger partial charge is 0.497 e. The summed E-state index contributed by atoms with van der Waals surface area (Å²) in [4.78, 5) is 0. The van der Waals surface area contributed by atoms with Gasteiger partial charge in [-0.25, -0.2) is 13.2 Å². The molecule has 0 amide bonds. The molecule has 2 rings (SSSR count). The fourth-order valence-electron chi connectivity index (χ4n) is 2.12. The summed E-state index contributed by atoms with van der Waals surface area (Å²) < 4.78 is 52.2. The fourth-order valence-corrected chi connectivity index (χ4v) is 2.12. The molecule has 1 aromatic rings. The molecule has 1 aliphatic carbocycles. The zero-order valence-electron chi connectivity index (χ0n) is 15.6. The Labute approximate surface area is 143 Å². The smallest absolute Gasteiger partial charge is 0.249 e. The Kier molecular flexibility index (Phi) is 14.6. The molecule has 0 bridgehead atoms. The summed E-state index contributed by atoms with van der Waals surface area (Å²) in [5.41, 5.74) is 0.640. The lowest BCUT2D eigenvalue weighted by molar-refractivity contribution is -0.0432. The highest BCUT2D eigenvalue weighted by atomic mass is 19.3. The lowest BCUT2D eigenvalue weighted by Crippen LogP contribution is -2.37. The summed E-state index contributed by atoms with van der Waals surface area (Å²) >= 11 is 0. The van der Waals surface area contributed by atoms with Crippen LogP contribution in [0.1, 0.15) is 45.1 Å². The summed E-state index contributed by atoms with van der Waals surface area (Å²) in [6.45, 7) is 5.72. The van der Waals surface area contributed by atoms with Gasteiger partial charge in [0.25, 0.3) is 0 Å². The predicted molar refractivity (Wildman–Crippen MR) is 92.3 cm³/mol. The average molecular weight is 353 g/mol. The van der Waals surface area contributed by atoms with Gasteiger partial charge in [0.2, 0.25) is 5.92 Å². The van der Waals surface area contributed by atoms with E-state index in [-0.39, 0.29) is 24.7 Å². The van der Waals surface area contributed by atoms with E-state index in [9.17, 15) is 17.6 Å². The minimum Gasteiger partial charge on any atom is -0.497 e. The molecule has 1 aromatic carbocycles. The highest BCUT2D eigenvalue weighted by Crippen LogP contribution is 2.32. The van der Waals surface area contributed by atoms with Crippen LogP contribution < -0.4 is 10.1 Å². The van der Waals surface area contributed by atoms with Gasteiger partial charge in [-0.3, -0.25) is 4.39 Å². The zero-order valence-corrected chi connectivity index (χ0v) is 15.6. The molecule has 0 aromatic heterocycles. The van der Waals surface area contributed by atoms with Gasteiger partial charge in [0.05, 0.1) is 14.3 Å². The van der Waals surface area contributed by atoms with E-state index in [1.165, 1.54) is 13.2 Å². The molecule has 1 fully saturated rings. The quantitative estimate of drug-likeness (QED) is 0.705. The van der Waals surface area contributed by atoms with Crippen LogP contribution in [-0.4, -0.2) is 33.3 Å². The zero-order chi connectivity index (χ0) is 19.2. The number of hydrogen-bond donors (Lipinski definition) is 1. The summed E-state index contributed by atoms with van der Waals surface area (Å²) in [6.07, 6.45) is 1.64. The van der Waals surface area contributed by atoms with Gasteiger partial charge in [-0.2, -0.15) is 0 Å². The molecule has 0 saturated heterocycles. The van der Waals surface area contributed by atoms with Crippen molar-refractivity contribution >= 4 is 0 Å². The topological polar surface area (TPSA) is 21.3 Å². The van der Waals surface area contributed by atoms with Crippen LogP contribution in [0.2, 0.25) is 0 Å². The molecule has 0 heterocycles. The minimum atomic E-state index is -2.41. The predicted octanol–water partition coefficient (Wildman–Crippen LogP) is 5.54. The first kappa shape index (κ1) is 24.9. The molecule has 1 atom stereocenters. The minimum absolute atomic E-state index is 0.0174. The van der Waals surface area contributed by atoms with Gasteiger partial charge in [-0.05, 0) is 38.4 Å². The summed E-state index contributed by atoms with van der Waals surface area (Å²) in [7, 11) is 3.76. The maximum absolute atomic E-state index is 12.7. The number of aryl methyl sites for hydroxylation is 1. The molecular formula is C18H31F4NO. The van der Waals surface area contributed by atoms with E-state index in [1.807, 2.05) is 13.8 Å². The molecule has 24 heavy (non-hydrogen) atoms. The number of hydrogen-bond acceptors (Lipinski definition) is 2. The number of alkyl halides is 3. The molecule has 1 aliphatic rings. The molecule has 1 unspecified atom stereocenters. The second-order valence-electron chi connectivity index (χ2n) is 5.05. The SMILES string of the molecule is CC.CF.CNC1CCCC(F)(F)C1.COc1ccc(C)c(F)c1. The number of halogens is 4. The number of benzene rings is 1. The van der Waals surface area contributed by atoms with Gasteiger partial charge in [-0.15, -0.1) is 0 Å². The van der Waals surface area contributed by atoms with Gasteiger partial charge < -0.3 is 10.1 Å². The highest BCUT2D eigenvalue weighted by Gasteiger charge is 2.35. The number of rotatable bonds is 2. The first-order valence-electron chi connectivity index (χ1n) is 8.11. The van der Waals surface area contributed by atoms with Crippen molar-refractivity contribution in [2.75, 3.05) is 21.3 Å². The Morgan fingerprint density at radius 1 is 1.21 bits per heavy atom. The van der Waals surface area contributed by atoms with Crippen molar-refractivity contribution in [2.24, 2.45) is 0 Å². The van der Waals surface area contributed by atoms with Crippen LogP contribution >= 0.6 is 0 Å². The third-order valence-corrected chi connectivity index (χ3v) is 3.43. The Morgan fingerprint density at radius 3 is 2.17 bits per heavy atom. The molecule has 0 aliphatic heterocycles. The molecule has 2 nitrogen and oxygen atoms in total. The van der Waals surface area contributed by atoms with E-state index < -0.39 is 5.92 Å². The Bertz CT molecular complexity index is 427. The number of methoxy groups -OCH3 is 1. The van der Waals surface area contributed by atoms with Crippen LogP contribution in [0.3, 0.4) is 0 Å². The van der Waals surface area contributed by atoms with E-state index in [0.29, 0.717) is 24.9 Å². The van der Waals surface area contributed by atoms with Crippen LogP contribution in [0.5, 0.6) is 5.75 Å². The molecule has 1 saturated carbocycles. The van der Waals surface area contributed by atoms with Crippen molar-refractivity contribution < 1.29 is 22.3 Å². The van der Waals surface area contributed by atoms with Crippen LogP contribution in [0.4, 0.5) is 17.6 Å². The third-order valence-electron chi connectivity index (χ3n) is 3.43. The summed E-state index contributed by atoms with van der Waals surface area (Å²) in [5, 5.41) is 2.88. The lowest BCUT2D eigenvalue weighted by atomic mass is 9.92. The van der Waals surface area contributed by atoms with Crippen LogP contribution in [-0.2, 0) is 0 Å². The van der Waals surface area contributed by atoms with Crippen LogP contribution in [0.25, 0.3) is 0 Å². The third kappa shape index (κ3) is 10.5. The van der Waals surface area contributed by atoms with E-state index in [0.717, 1.165) is 6.42 Å². The monoisotopic (exact) mass is 353 g/mol. The van der Waals surface area contributed by atoms with E-state index in [2.05, 4.69) is 5.32 Å². The molecule has 6 heteroatoms. The first-order chi connectivity index (χ1) is 11.4. The average Bonchev–Trinajstić information content (AvgIpc) is 2.60. The van der Waals surface area contributed by atoms with Crippen LogP contribution in [0.15, 0.2) is 18.2 Å². The van der Waals surface area contributed by atoms with E-state index >= 15 is 0 Å². The van der Waals surface area contributed by atoms with Crippen molar-refractivity contribution in [2.45, 2.75) is 58.4 Å². The standard InChI is InChI=1S/C8H9FO.C7H13F2N.C2H6.CH3F/c1-6-3-4-7(10-2)5-8(6)9;1-10-6-3-2-4-7(8,9)5-6;2*1-2/h3-5H,1-2H3;6,10H,2-5H2,1H3;1-2H3;1H3. The molecule has 0 spiro atoms. The Hall–Kier alpha value is -1.30. The second kappa shape index (κ2) is 14.1. The highest BCUT2D eigenvalue weighted by molar-refractivity contribution is 5.27. The Balaban J connectivity index is 0. The fraction of sp³-hybridized carbons (Fsp3) is 0.667. The molecule has 0 radical (unpaired) electrons. The summed E-state index contributed by atoms with van der Waals surface area (Å²) in [5.74, 6) is -2.08. The van der Waals surface area contributed by atoms with Gasteiger partial charge in [0.15, 0.2) is 0 Å². The van der Waals surface area contributed by atoms with Gasteiger partial charge >= 0.3 is 0 Å². The van der Waals surface area contributed by atoms with Crippen molar-refractivity contribution in [1.82, 2.24) is 5.32 Å². The number of nitrogens with one attached hydrogen (secondary N) is 1. The second-order valence-corrected chi connectivity index (χ2v) is 5.05. The van der Waals surface area contributed by atoms with E-state index in [1.54, 1.807) is 26.1 Å². The maximum Gasteiger partial charge on any atom is 0.249 e. The first-order valence-corrected chi connectivity index (χ1v) is 8.11. The molecular weight excluding hydrogens is 322 g/mol. The van der Waals surface area contributed by atoms with Gasteiger partial charge in [0.1, 0.15) is 11.6 Å². The normalized spacial score (nSPS) is 17.8. The number of ether oxygens (including phenoxy) is 1. The Morgan fingerprint density at radius 2 is 1.79 bits per heavy atom. The van der Waals surface area contributed by atoms with Crippen molar-refractivity contribution in [3.63, 3.8) is 0 Å². The van der Waals surface area contributed by atoms with E-state index in [4.69, 9.17) is 4.74 Å². The lowest BCUT2D eigenvalue weighted by Gasteiger charge is -2.28. The summed E-state index contributed by atoms with van der Waals surface area (Å²) in [6, 6.07) is 4.82. The van der Waals surface area contributed by atoms with Crippen LogP contribution in [0, 0.1) is 12.7 Å². The van der Waals surface area contributed by atoms with Crippen molar-refractivity contribution in [3.8, 4) is 5.75 Å². The molecule has 1 N–H and O–H groups in total.